The van der Waals surface area contributed by atoms with Gasteiger partial charge in [-0.2, -0.15) is 0 Å². The maximum Gasteiger partial charge on any atom is 0.411 e. The van der Waals surface area contributed by atoms with E-state index in [9.17, 15) is 9.59 Å². The number of nitrogens with one attached hydrogen (secondary N) is 2. The maximum absolute atomic E-state index is 11.5. The summed E-state index contributed by atoms with van der Waals surface area (Å²) in [5.74, 6) is -0.230. The fourth-order valence-corrected chi connectivity index (χ4v) is 1.23. The number of carbonyl (C=O) groups excluding carboxylic acids is 2. The summed E-state index contributed by atoms with van der Waals surface area (Å²) >= 11 is 0. The molecule has 0 aliphatic rings. The number of anilines is 2. The zero-order valence-electron chi connectivity index (χ0n) is 10.4. The summed E-state index contributed by atoms with van der Waals surface area (Å²) in [6, 6.07) is 6.14. The standard InChI is InChI=1S/C12H17N3O3/c1-3-10(13)11(16)14-8-4-6-9(7-5-8)15-12(17)18-2/h4-7,10H,3,13H2,1-2H3,(H,14,16)(H,15,17)/t10-/m1/s1. The smallest absolute Gasteiger partial charge is 0.411 e. The van der Waals surface area contributed by atoms with E-state index in [-0.39, 0.29) is 5.91 Å². The molecule has 6 heteroatoms. The van der Waals surface area contributed by atoms with E-state index in [0.717, 1.165) is 0 Å². The summed E-state index contributed by atoms with van der Waals surface area (Å²) < 4.78 is 4.46. The Balaban J connectivity index is 2.60. The number of rotatable bonds is 4. The molecule has 0 unspecified atom stereocenters. The van der Waals surface area contributed by atoms with Gasteiger partial charge in [-0.25, -0.2) is 4.79 Å². The first-order valence-electron chi connectivity index (χ1n) is 5.58. The first-order chi connectivity index (χ1) is 8.56. The van der Waals surface area contributed by atoms with Gasteiger partial charge in [-0.15, -0.1) is 0 Å². The Labute approximate surface area is 105 Å². The SMILES string of the molecule is CC[C@@H](N)C(=O)Nc1ccc(NC(=O)OC)cc1. The third-order valence-electron chi connectivity index (χ3n) is 2.36. The zero-order chi connectivity index (χ0) is 13.5. The Morgan fingerprint density at radius 3 is 2.17 bits per heavy atom. The predicted octanol–water partition coefficient (Wildman–Crippen LogP) is 1.54. The fraction of sp³-hybridized carbons (Fsp3) is 0.333. The zero-order valence-corrected chi connectivity index (χ0v) is 10.4. The number of nitrogens with two attached hydrogens (primary N) is 1. The van der Waals surface area contributed by atoms with Gasteiger partial charge in [0.05, 0.1) is 13.2 Å². The lowest BCUT2D eigenvalue weighted by atomic mass is 10.2. The van der Waals surface area contributed by atoms with Crippen LogP contribution in [0.3, 0.4) is 0 Å². The van der Waals surface area contributed by atoms with Crippen LogP contribution in [0.5, 0.6) is 0 Å². The Hall–Kier alpha value is -2.08. The number of benzene rings is 1. The number of amides is 2. The van der Waals surface area contributed by atoms with E-state index in [1.807, 2.05) is 6.92 Å². The maximum atomic E-state index is 11.5. The molecule has 0 saturated heterocycles. The molecule has 4 N–H and O–H groups in total. The van der Waals surface area contributed by atoms with E-state index in [0.29, 0.717) is 17.8 Å². The molecule has 0 fully saturated rings. The van der Waals surface area contributed by atoms with E-state index in [1.165, 1.54) is 7.11 Å². The Morgan fingerprint density at radius 1 is 1.22 bits per heavy atom. The quantitative estimate of drug-likeness (QED) is 0.756. The summed E-state index contributed by atoms with van der Waals surface area (Å²) in [4.78, 5) is 22.5. The summed E-state index contributed by atoms with van der Waals surface area (Å²) in [7, 11) is 1.29. The van der Waals surface area contributed by atoms with Crippen LogP contribution in [0.2, 0.25) is 0 Å². The van der Waals surface area contributed by atoms with Gasteiger partial charge >= 0.3 is 6.09 Å². The van der Waals surface area contributed by atoms with Gasteiger partial charge in [-0.1, -0.05) is 6.92 Å². The highest BCUT2D eigenvalue weighted by molar-refractivity contribution is 5.95. The lowest BCUT2D eigenvalue weighted by Gasteiger charge is -2.10. The van der Waals surface area contributed by atoms with E-state index < -0.39 is 12.1 Å². The molecule has 98 valence electrons. The van der Waals surface area contributed by atoms with Gasteiger partial charge in [0.15, 0.2) is 0 Å². The van der Waals surface area contributed by atoms with Crippen LogP contribution in [-0.4, -0.2) is 25.2 Å². The van der Waals surface area contributed by atoms with Gasteiger partial charge in [0.1, 0.15) is 0 Å². The third kappa shape index (κ3) is 4.06. The minimum Gasteiger partial charge on any atom is -0.453 e. The lowest BCUT2D eigenvalue weighted by Crippen LogP contribution is -2.34. The molecule has 1 rings (SSSR count). The van der Waals surface area contributed by atoms with Crippen molar-refractivity contribution in [2.45, 2.75) is 19.4 Å². The molecule has 1 atom stereocenters. The van der Waals surface area contributed by atoms with Crippen LogP contribution in [0, 0.1) is 0 Å². The number of ether oxygens (including phenoxy) is 1. The number of carbonyl (C=O) groups is 2. The average Bonchev–Trinajstić information content (AvgIpc) is 2.39. The van der Waals surface area contributed by atoms with Gasteiger partial charge in [0, 0.05) is 11.4 Å². The van der Waals surface area contributed by atoms with E-state index in [4.69, 9.17) is 5.73 Å². The van der Waals surface area contributed by atoms with Crippen molar-refractivity contribution in [1.82, 2.24) is 0 Å². The highest BCUT2D eigenvalue weighted by Crippen LogP contribution is 2.14. The second-order valence-electron chi connectivity index (χ2n) is 3.70. The number of hydrogen-bond acceptors (Lipinski definition) is 4. The van der Waals surface area contributed by atoms with E-state index >= 15 is 0 Å². The normalized spacial score (nSPS) is 11.5. The average molecular weight is 251 g/mol. The van der Waals surface area contributed by atoms with Crippen LogP contribution >= 0.6 is 0 Å². The molecule has 1 aromatic carbocycles. The fourth-order valence-electron chi connectivity index (χ4n) is 1.23. The van der Waals surface area contributed by atoms with Gasteiger partial charge in [0.2, 0.25) is 5.91 Å². The van der Waals surface area contributed by atoms with Gasteiger partial charge in [-0.3, -0.25) is 10.1 Å². The summed E-state index contributed by atoms with van der Waals surface area (Å²) in [6.45, 7) is 1.84. The molecule has 18 heavy (non-hydrogen) atoms. The lowest BCUT2D eigenvalue weighted by molar-refractivity contribution is -0.117. The van der Waals surface area contributed by atoms with Crippen LogP contribution in [-0.2, 0) is 9.53 Å². The molecule has 0 spiro atoms. The molecule has 2 amide bonds. The largest absolute Gasteiger partial charge is 0.453 e. The minimum absolute atomic E-state index is 0.230. The van der Waals surface area contributed by atoms with E-state index in [2.05, 4.69) is 15.4 Å². The highest BCUT2D eigenvalue weighted by Gasteiger charge is 2.10. The van der Waals surface area contributed by atoms with Crippen molar-refractivity contribution < 1.29 is 14.3 Å². The molecule has 0 heterocycles. The third-order valence-corrected chi connectivity index (χ3v) is 2.36. The van der Waals surface area contributed by atoms with Crippen LogP contribution < -0.4 is 16.4 Å². The van der Waals surface area contributed by atoms with Gasteiger partial charge < -0.3 is 15.8 Å². The molecule has 0 bridgehead atoms. The topological polar surface area (TPSA) is 93.5 Å². The molecular formula is C12H17N3O3. The molecule has 0 aliphatic heterocycles. The van der Waals surface area contributed by atoms with Crippen molar-refractivity contribution in [2.24, 2.45) is 5.73 Å². The van der Waals surface area contributed by atoms with Gasteiger partial charge in [0.25, 0.3) is 0 Å². The minimum atomic E-state index is -0.542. The molecule has 0 aromatic heterocycles. The van der Waals surface area contributed by atoms with Crippen molar-refractivity contribution >= 4 is 23.4 Å². The van der Waals surface area contributed by atoms with E-state index in [1.54, 1.807) is 24.3 Å². The van der Waals surface area contributed by atoms with Gasteiger partial charge in [-0.05, 0) is 30.7 Å². The monoisotopic (exact) mass is 251 g/mol. The summed E-state index contributed by atoms with van der Waals surface area (Å²) in [5.41, 5.74) is 6.80. The van der Waals surface area contributed by atoms with Crippen molar-refractivity contribution in [3.63, 3.8) is 0 Å². The Morgan fingerprint density at radius 2 is 1.72 bits per heavy atom. The van der Waals surface area contributed by atoms with Crippen LogP contribution in [0.25, 0.3) is 0 Å². The molecule has 0 saturated carbocycles. The molecule has 0 radical (unpaired) electrons. The van der Waals surface area contributed by atoms with Crippen molar-refractivity contribution in [3.8, 4) is 0 Å². The van der Waals surface area contributed by atoms with Crippen molar-refractivity contribution in [1.29, 1.82) is 0 Å². The predicted molar refractivity (Wildman–Crippen MR) is 69.4 cm³/mol. The second kappa shape index (κ2) is 6.61. The first-order valence-corrected chi connectivity index (χ1v) is 5.58. The number of hydrogen-bond donors (Lipinski definition) is 3. The van der Waals surface area contributed by atoms with Crippen LogP contribution in [0.4, 0.5) is 16.2 Å². The molecule has 0 aliphatic carbocycles. The Bertz CT molecular complexity index is 417. The van der Waals surface area contributed by atoms with Crippen molar-refractivity contribution in [3.05, 3.63) is 24.3 Å². The summed E-state index contributed by atoms with van der Waals surface area (Å²) in [5, 5.41) is 5.19. The molecular weight excluding hydrogens is 234 g/mol. The van der Waals surface area contributed by atoms with Crippen LogP contribution in [0.15, 0.2) is 24.3 Å². The Kier molecular flexibility index (Phi) is 5.13. The highest BCUT2D eigenvalue weighted by atomic mass is 16.5. The van der Waals surface area contributed by atoms with Crippen molar-refractivity contribution in [2.75, 3.05) is 17.7 Å². The summed E-state index contributed by atoms with van der Waals surface area (Å²) in [6.07, 6.45) is 0.0353. The molecule has 6 nitrogen and oxygen atoms in total. The number of methoxy groups -OCH3 is 1. The molecule has 1 aromatic rings. The first kappa shape index (κ1) is 14.0. The van der Waals surface area contributed by atoms with Crippen LogP contribution in [0.1, 0.15) is 13.3 Å². The second-order valence-corrected chi connectivity index (χ2v) is 3.70.